The molecule has 0 unspecified atom stereocenters. The van der Waals surface area contributed by atoms with Crippen molar-refractivity contribution >= 4 is 12.0 Å². The van der Waals surface area contributed by atoms with E-state index in [2.05, 4.69) is 5.32 Å². The van der Waals surface area contributed by atoms with Crippen LogP contribution >= 0.6 is 0 Å². The quantitative estimate of drug-likeness (QED) is 0.655. The molecule has 0 spiro atoms. The van der Waals surface area contributed by atoms with E-state index < -0.39 is 0 Å². The summed E-state index contributed by atoms with van der Waals surface area (Å²) in [6.45, 7) is 0.432. The van der Waals surface area contributed by atoms with Crippen molar-refractivity contribution in [1.82, 2.24) is 5.32 Å². The van der Waals surface area contributed by atoms with Gasteiger partial charge in [-0.05, 0) is 30.5 Å². The van der Waals surface area contributed by atoms with Gasteiger partial charge in [-0.15, -0.1) is 0 Å². The monoisotopic (exact) mass is 318 g/mol. The maximum Gasteiger partial charge on any atom is 0.262 e. The molecule has 1 N–H and O–H groups in total. The zero-order chi connectivity index (χ0) is 16.8. The molecule has 3 rings (SSSR count). The molecule has 1 amide bonds. The van der Waals surface area contributed by atoms with E-state index >= 15 is 0 Å². The van der Waals surface area contributed by atoms with Gasteiger partial charge in [0.05, 0.1) is 0 Å². The van der Waals surface area contributed by atoms with Crippen LogP contribution < -0.4 is 10.1 Å². The topological polar surface area (TPSA) is 62.1 Å². The van der Waals surface area contributed by atoms with Crippen LogP contribution in [0.15, 0.2) is 60.2 Å². The molecule has 1 aliphatic rings. The molecule has 0 saturated heterocycles. The lowest BCUT2D eigenvalue weighted by atomic mass is 10.1. The number of carbonyl (C=O) groups is 1. The first-order chi connectivity index (χ1) is 11.8. The number of carbonyl (C=O) groups excluding carboxylic acids is 1. The molecule has 2 aromatic rings. The molecule has 0 aliphatic heterocycles. The SMILES string of the molecule is N#C/C(=C\c1ccccc1OCc1ccccc1)C(=O)NC1CC1. The Labute approximate surface area is 141 Å². The van der Waals surface area contributed by atoms with Gasteiger partial charge in [0, 0.05) is 11.6 Å². The molecule has 4 heteroatoms. The number of hydrogen-bond acceptors (Lipinski definition) is 3. The number of hydrogen-bond donors (Lipinski definition) is 1. The molecule has 24 heavy (non-hydrogen) atoms. The van der Waals surface area contributed by atoms with Crippen molar-refractivity contribution in [2.24, 2.45) is 0 Å². The normalized spacial score (nSPS) is 13.9. The molecule has 2 aromatic carbocycles. The van der Waals surface area contributed by atoms with Gasteiger partial charge in [-0.1, -0.05) is 48.5 Å². The van der Waals surface area contributed by atoms with Crippen LogP contribution in [0.25, 0.3) is 6.08 Å². The molecule has 1 fully saturated rings. The Balaban J connectivity index is 1.76. The molecule has 120 valence electrons. The second-order valence-corrected chi connectivity index (χ2v) is 5.73. The summed E-state index contributed by atoms with van der Waals surface area (Å²) in [4.78, 5) is 12.1. The van der Waals surface area contributed by atoms with Crippen LogP contribution in [-0.4, -0.2) is 11.9 Å². The minimum atomic E-state index is -0.321. The maximum absolute atomic E-state index is 12.1. The van der Waals surface area contributed by atoms with Gasteiger partial charge in [-0.3, -0.25) is 4.79 Å². The Morgan fingerprint density at radius 2 is 1.88 bits per heavy atom. The highest BCUT2D eigenvalue weighted by Crippen LogP contribution is 2.23. The van der Waals surface area contributed by atoms with Crippen molar-refractivity contribution in [3.05, 3.63) is 71.3 Å². The summed E-state index contributed by atoms with van der Waals surface area (Å²) < 4.78 is 5.86. The second-order valence-electron chi connectivity index (χ2n) is 5.73. The predicted octanol–water partition coefficient (Wildman–Crippen LogP) is 3.45. The molecule has 0 atom stereocenters. The van der Waals surface area contributed by atoms with Crippen molar-refractivity contribution in [1.29, 1.82) is 5.26 Å². The summed E-state index contributed by atoms with van der Waals surface area (Å²) in [6, 6.07) is 19.4. The van der Waals surface area contributed by atoms with Gasteiger partial charge in [-0.25, -0.2) is 0 Å². The Morgan fingerprint density at radius 3 is 2.58 bits per heavy atom. The lowest BCUT2D eigenvalue weighted by Crippen LogP contribution is -2.26. The Kier molecular flexibility index (Phi) is 4.93. The van der Waals surface area contributed by atoms with Gasteiger partial charge in [0.15, 0.2) is 0 Å². The number of para-hydroxylation sites is 1. The van der Waals surface area contributed by atoms with Crippen LogP contribution in [0.2, 0.25) is 0 Å². The maximum atomic E-state index is 12.1. The molecule has 0 heterocycles. The van der Waals surface area contributed by atoms with E-state index in [0.717, 1.165) is 24.0 Å². The average molecular weight is 318 g/mol. The van der Waals surface area contributed by atoms with Crippen LogP contribution in [0.3, 0.4) is 0 Å². The van der Waals surface area contributed by atoms with Gasteiger partial charge in [-0.2, -0.15) is 5.26 Å². The van der Waals surface area contributed by atoms with Gasteiger partial charge in [0.25, 0.3) is 5.91 Å². The second kappa shape index (κ2) is 7.47. The molecule has 1 aliphatic carbocycles. The molecule has 1 saturated carbocycles. The third-order valence-corrected chi connectivity index (χ3v) is 3.73. The minimum absolute atomic E-state index is 0.0951. The largest absolute Gasteiger partial charge is 0.488 e. The number of nitrogens with one attached hydrogen (secondary N) is 1. The summed E-state index contributed by atoms with van der Waals surface area (Å²) in [5, 5.41) is 12.1. The number of rotatable bonds is 6. The van der Waals surface area contributed by atoms with Gasteiger partial charge < -0.3 is 10.1 Å². The van der Waals surface area contributed by atoms with Crippen molar-refractivity contribution in [2.45, 2.75) is 25.5 Å². The third kappa shape index (κ3) is 4.23. The van der Waals surface area contributed by atoms with Gasteiger partial charge in [0.1, 0.15) is 24.0 Å². The first-order valence-electron chi connectivity index (χ1n) is 7.94. The predicted molar refractivity (Wildman–Crippen MR) is 92.0 cm³/mol. The van der Waals surface area contributed by atoms with Gasteiger partial charge >= 0.3 is 0 Å². The van der Waals surface area contributed by atoms with Crippen LogP contribution in [0, 0.1) is 11.3 Å². The average Bonchev–Trinajstić information content (AvgIpc) is 3.43. The van der Waals surface area contributed by atoms with Crippen molar-refractivity contribution in [3.63, 3.8) is 0 Å². The standard InChI is InChI=1S/C20H18N2O2/c21-13-17(20(23)22-18-10-11-18)12-16-8-4-5-9-19(16)24-14-15-6-2-1-3-7-15/h1-9,12,18H,10-11,14H2,(H,22,23)/b17-12+. The fourth-order valence-electron chi connectivity index (χ4n) is 2.26. The van der Waals surface area contributed by atoms with E-state index in [-0.39, 0.29) is 17.5 Å². The minimum Gasteiger partial charge on any atom is -0.488 e. The van der Waals surface area contributed by atoms with E-state index in [0.29, 0.717) is 12.4 Å². The van der Waals surface area contributed by atoms with E-state index in [1.54, 1.807) is 6.08 Å². The summed E-state index contributed by atoms with van der Waals surface area (Å²) in [6.07, 6.45) is 3.56. The first kappa shape index (κ1) is 15.8. The molecule has 0 radical (unpaired) electrons. The van der Waals surface area contributed by atoms with Crippen molar-refractivity contribution in [3.8, 4) is 11.8 Å². The van der Waals surface area contributed by atoms with Crippen molar-refractivity contribution < 1.29 is 9.53 Å². The van der Waals surface area contributed by atoms with E-state index in [9.17, 15) is 10.1 Å². The smallest absolute Gasteiger partial charge is 0.262 e. The van der Waals surface area contributed by atoms with Crippen LogP contribution in [0.4, 0.5) is 0 Å². The highest BCUT2D eigenvalue weighted by atomic mass is 16.5. The Bertz CT molecular complexity index is 787. The van der Waals surface area contributed by atoms with E-state index in [4.69, 9.17) is 4.74 Å². The number of nitrogens with zero attached hydrogens (tertiary/aromatic N) is 1. The number of amides is 1. The summed E-state index contributed by atoms with van der Waals surface area (Å²) >= 11 is 0. The highest BCUT2D eigenvalue weighted by molar-refractivity contribution is 6.02. The lowest BCUT2D eigenvalue weighted by Gasteiger charge is -2.10. The fourth-order valence-corrected chi connectivity index (χ4v) is 2.26. The summed E-state index contributed by atoms with van der Waals surface area (Å²) in [5.74, 6) is 0.325. The summed E-state index contributed by atoms with van der Waals surface area (Å²) in [7, 11) is 0. The number of nitriles is 1. The fraction of sp³-hybridized carbons (Fsp3) is 0.200. The number of ether oxygens (including phenoxy) is 1. The van der Waals surface area contributed by atoms with Crippen LogP contribution in [0.5, 0.6) is 5.75 Å². The van der Waals surface area contributed by atoms with Crippen LogP contribution in [-0.2, 0) is 11.4 Å². The Hall–Kier alpha value is -3.06. The number of benzene rings is 2. The van der Waals surface area contributed by atoms with Crippen LogP contribution in [0.1, 0.15) is 24.0 Å². The third-order valence-electron chi connectivity index (χ3n) is 3.73. The van der Waals surface area contributed by atoms with E-state index in [1.165, 1.54) is 0 Å². The Morgan fingerprint density at radius 1 is 1.17 bits per heavy atom. The first-order valence-corrected chi connectivity index (χ1v) is 7.94. The molecule has 4 nitrogen and oxygen atoms in total. The molecule has 0 bridgehead atoms. The van der Waals surface area contributed by atoms with E-state index in [1.807, 2.05) is 60.7 Å². The van der Waals surface area contributed by atoms with Crippen molar-refractivity contribution in [2.75, 3.05) is 0 Å². The van der Waals surface area contributed by atoms with Gasteiger partial charge in [0.2, 0.25) is 0 Å². The highest BCUT2D eigenvalue weighted by Gasteiger charge is 2.24. The molecular formula is C20H18N2O2. The zero-order valence-electron chi connectivity index (χ0n) is 13.2. The summed E-state index contributed by atoms with van der Waals surface area (Å²) in [5.41, 5.74) is 1.87. The molecular weight excluding hydrogens is 300 g/mol. The lowest BCUT2D eigenvalue weighted by molar-refractivity contribution is -0.117. The molecule has 0 aromatic heterocycles. The zero-order valence-corrected chi connectivity index (χ0v) is 13.2.